The fraction of sp³-hybridized carbons (Fsp3) is 0.294. The Morgan fingerprint density at radius 3 is 1.00 bits per heavy atom. The molecule has 0 aliphatic rings. The zero-order valence-electron chi connectivity index (χ0n) is 11.8. The maximum Gasteiger partial charge on any atom is 0.0483 e. The van der Waals surface area contributed by atoms with E-state index in [9.17, 15) is 0 Å². The average Bonchev–Trinajstić information content (AvgIpc) is 2.31. The summed E-state index contributed by atoms with van der Waals surface area (Å²) < 4.78 is 0. The van der Waals surface area contributed by atoms with E-state index in [1.165, 1.54) is 11.1 Å². The summed E-state index contributed by atoms with van der Waals surface area (Å²) in [5.74, 6) is 0. The van der Waals surface area contributed by atoms with Gasteiger partial charge in [0.05, 0.1) is 0 Å². The highest BCUT2D eigenvalue weighted by Crippen LogP contribution is 1.92. The van der Waals surface area contributed by atoms with E-state index in [2.05, 4.69) is 38.1 Å². The van der Waals surface area contributed by atoms with E-state index in [1.54, 1.807) is 13.8 Å². The van der Waals surface area contributed by atoms with Gasteiger partial charge in [0.25, 0.3) is 0 Å². The lowest BCUT2D eigenvalue weighted by Crippen LogP contribution is -1.85. The molecule has 0 saturated heterocycles. The Labute approximate surface area is 111 Å². The summed E-state index contributed by atoms with van der Waals surface area (Å²) in [7, 11) is 0. The van der Waals surface area contributed by atoms with Gasteiger partial charge >= 0.3 is 0 Å². The smallest absolute Gasteiger partial charge is 0.0483 e. The first-order valence-electron chi connectivity index (χ1n) is 6.23. The van der Waals surface area contributed by atoms with E-state index in [-0.39, 0.29) is 6.10 Å². The molecule has 0 heterocycles. The van der Waals surface area contributed by atoms with Crippen molar-refractivity contribution >= 4 is 0 Å². The molecule has 0 bridgehead atoms. The van der Waals surface area contributed by atoms with Crippen molar-refractivity contribution in [2.24, 2.45) is 0 Å². The molecule has 1 nitrogen and oxygen atoms in total. The molecule has 18 heavy (non-hydrogen) atoms. The molecule has 2 rings (SSSR count). The summed E-state index contributed by atoms with van der Waals surface area (Å²) >= 11 is 0. The number of aliphatic hydroxyl groups excluding tert-OH is 1. The second kappa shape index (κ2) is 10.5. The van der Waals surface area contributed by atoms with Crippen LogP contribution in [0.1, 0.15) is 25.0 Å². The van der Waals surface area contributed by atoms with Crippen LogP contribution in [-0.2, 0) is 0 Å². The fourth-order valence-electron chi connectivity index (χ4n) is 1.07. The third kappa shape index (κ3) is 12.5. The Bertz CT molecular complexity index is 339. The van der Waals surface area contributed by atoms with Crippen molar-refractivity contribution < 1.29 is 5.11 Å². The molecule has 0 amide bonds. The van der Waals surface area contributed by atoms with Gasteiger partial charge in [0.1, 0.15) is 0 Å². The second-order valence-corrected chi connectivity index (χ2v) is 4.40. The summed E-state index contributed by atoms with van der Waals surface area (Å²) in [5, 5.41) is 8.06. The Morgan fingerprint density at radius 1 is 0.667 bits per heavy atom. The van der Waals surface area contributed by atoms with Crippen molar-refractivity contribution in [3.8, 4) is 0 Å². The Morgan fingerprint density at radius 2 is 0.889 bits per heavy atom. The number of hydrogen-bond acceptors (Lipinski definition) is 1. The standard InChI is InChI=1S/2C7H8.C3H8O/c2*1-7-5-3-2-4-6-7;1-3(2)4/h2*2-6H,1H3;3-4H,1-2H3. The van der Waals surface area contributed by atoms with Gasteiger partial charge in [-0.2, -0.15) is 0 Å². The highest BCUT2D eigenvalue weighted by molar-refractivity contribution is 5.12. The van der Waals surface area contributed by atoms with Crippen molar-refractivity contribution in [3.05, 3.63) is 71.8 Å². The summed E-state index contributed by atoms with van der Waals surface area (Å²) in [6.07, 6.45) is -0.167. The van der Waals surface area contributed by atoms with Crippen molar-refractivity contribution in [1.82, 2.24) is 0 Å². The number of aliphatic hydroxyl groups is 1. The summed E-state index contributed by atoms with van der Waals surface area (Å²) in [5.41, 5.74) is 2.64. The number of benzene rings is 2. The average molecular weight is 244 g/mol. The minimum atomic E-state index is -0.167. The predicted octanol–water partition coefficient (Wildman–Crippen LogP) is 4.38. The van der Waals surface area contributed by atoms with Crippen LogP contribution in [0.15, 0.2) is 60.7 Å². The monoisotopic (exact) mass is 244 g/mol. The van der Waals surface area contributed by atoms with Crippen LogP contribution in [0, 0.1) is 13.8 Å². The Kier molecular flexibility index (Phi) is 9.61. The Balaban J connectivity index is 0.000000253. The van der Waals surface area contributed by atoms with Gasteiger partial charge in [-0.15, -0.1) is 0 Å². The van der Waals surface area contributed by atoms with Crippen molar-refractivity contribution in [2.45, 2.75) is 33.8 Å². The molecular formula is C17H24O. The first-order valence-corrected chi connectivity index (χ1v) is 6.23. The van der Waals surface area contributed by atoms with Gasteiger partial charge in [0.15, 0.2) is 0 Å². The quantitative estimate of drug-likeness (QED) is 0.729. The van der Waals surface area contributed by atoms with Crippen molar-refractivity contribution in [1.29, 1.82) is 0 Å². The number of hydrogen-bond donors (Lipinski definition) is 1. The molecule has 1 N–H and O–H groups in total. The lowest BCUT2D eigenvalue weighted by atomic mass is 10.2. The van der Waals surface area contributed by atoms with Gasteiger partial charge in [0.2, 0.25) is 0 Å². The molecule has 0 spiro atoms. The van der Waals surface area contributed by atoms with Gasteiger partial charge < -0.3 is 5.11 Å². The van der Waals surface area contributed by atoms with Crippen LogP contribution in [0.5, 0.6) is 0 Å². The first-order chi connectivity index (χ1) is 8.52. The van der Waals surface area contributed by atoms with Gasteiger partial charge in [-0.05, 0) is 27.7 Å². The topological polar surface area (TPSA) is 20.2 Å². The maximum absolute atomic E-state index is 8.06. The van der Waals surface area contributed by atoms with Gasteiger partial charge in [-0.1, -0.05) is 71.8 Å². The lowest BCUT2D eigenvalue weighted by molar-refractivity contribution is 0.216. The summed E-state index contributed by atoms with van der Waals surface area (Å²) in [4.78, 5) is 0. The lowest BCUT2D eigenvalue weighted by Gasteiger charge is -1.82. The molecule has 0 fully saturated rings. The predicted molar refractivity (Wildman–Crippen MR) is 79.7 cm³/mol. The largest absolute Gasteiger partial charge is 0.394 e. The molecule has 2 aromatic rings. The molecule has 98 valence electrons. The van der Waals surface area contributed by atoms with Crippen molar-refractivity contribution in [3.63, 3.8) is 0 Å². The fourth-order valence-corrected chi connectivity index (χ4v) is 1.07. The minimum absolute atomic E-state index is 0.167. The van der Waals surface area contributed by atoms with E-state index >= 15 is 0 Å². The first kappa shape index (κ1) is 16.4. The molecule has 0 unspecified atom stereocenters. The summed E-state index contributed by atoms with van der Waals surface area (Å²) in [6.45, 7) is 7.61. The molecule has 2 aromatic carbocycles. The van der Waals surface area contributed by atoms with Crippen LogP contribution in [0.4, 0.5) is 0 Å². The molecule has 1 heteroatoms. The molecule has 0 radical (unpaired) electrons. The van der Waals surface area contributed by atoms with Gasteiger partial charge in [-0.25, -0.2) is 0 Å². The zero-order chi connectivity index (χ0) is 13.8. The van der Waals surface area contributed by atoms with Crippen molar-refractivity contribution in [2.75, 3.05) is 0 Å². The van der Waals surface area contributed by atoms with Crippen LogP contribution in [-0.4, -0.2) is 11.2 Å². The van der Waals surface area contributed by atoms with Gasteiger partial charge in [0, 0.05) is 6.10 Å². The van der Waals surface area contributed by atoms with Crippen LogP contribution in [0.3, 0.4) is 0 Å². The summed E-state index contributed by atoms with van der Waals surface area (Å²) in [6, 6.07) is 20.5. The second-order valence-electron chi connectivity index (χ2n) is 4.40. The minimum Gasteiger partial charge on any atom is -0.394 e. The molecule has 0 atom stereocenters. The normalized spacial score (nSPS) is 8.78. The highest BCUT2D eigenvalue weighted by atomic mass is 16.3. The van der Waals surface area contributed by atoms with Crippen LogP contribution >= 0.6 is 0 Å². The zero-order valence-corrected chi connectivity index (χ0v) is 11.8. The van der Waals surface area contributed by atoms with Crippen LogP contribution in [0.25, 0.3) is 0 Å². The third-order valence-corrected chi connectivity index (χ3v) is 1.88. The van der Waals surface area contributed by atoms with E-state index < -0.39 is 0 Å². The van der Waals surface area contributed by atoms with E-state index in [1.807, 2.05) is 36.4 Å². The molecular weight excluding hydrogens is 220 g/mol. The number of rotatable bonds is 0. The molecule has 0 aromatic heterocycles. The molecule has 0 aliphatic carbocycles. The van der Waals surface area contributed by atoms with E-state index in [0.29, 0.717) is 0 Å². The SMILES string of the molecule is CC(C)O.Cc1ccccc1.Cc1ccccc1. The maximum atomic E-state index is 8.06. The molecule has 0 saturated carbocycles. The number of aryl methyl sites for hydroxylation is 2. The Hall–Kier alpha value is -1.60. The van der Waals surface area contributed by atoms with Crippen LogP contribution < -0.4 is 0 Å². The van der Waals surface area contributed by atoms with Gasteiger partial charge in [-0.3, -0.25) is 0 Å². The van der Waals surface area contributed by atoms with E-state index in [0.717, 1.165) is 0 Å². The van der Waals surface area contributed by atoms with Crippen LogP contribution in [0.2, 0.25) is 0 Å². The third-order valence-electron chi connectivity index (χ3n) is 1.88. The van der Waals surface area contributed by atoms with E-state index in [4.69, 9.17) is 5.11 Å². The molecule has 0 aliphatic heterocycles. The highest BCUT2D eigenvalue weighted by Gasteiger charge is 1.72.